The average Bonchev–Trinajstić information content (AvgIpc) is 3.65. The Labute approximate surface area is 298 Å². The molecule has 0 fully saturated rings. The number of hydrogen-bond donors (Lipinski definition) is 0. The number of nitrogens with zero attached hydrogens (tertiary/aromatic N) is 4. The smallest absolute Gasteiger partial charge is 0.0374 e. The third-order valence-electron chi connectivity index (χ3n) is 9.53. The number of para-hydroxylation sites is 3. The van der Waals surface area contributed by atoms with E-state index in [1.54, 1.807) is 12.3 Å². The summed E-state index contributed by atoms with van der Waals surface area (Å²) in [5.41, 5.74) is 7.24. The van der Waals surface area contributed by atoms with Gasteiger partial charge in [-0.3, -0.25) is 0 Å². The summed E-state index contributed by atoms with van der Waals surface area (Å²) < 4.78 is 63.1. The van der Waals surface area contributed by atoms with E-state index in [9.17, 15) is 0 Å². The van der Waals surface area contributed by atoms with Crippen molar-refractivity contribution in [3.05, 3.63) is 148 Å². The molecule has 0 bridgehead atoms. The van der Waals surface area contributed by atoms with Crippen molar-refractivity contribution in [3.8, 4) is 28.4 Å². The molecule has 1 unspecified atom stereocenters. The molecule has 238 valence electrons. The van der Waals surface area contributed by atoms with Crippen molar-refractivity contribution in [3.63, 3.8) is 0 Å². The van der Waals surface area contributed by atoms with Crippen LogP contribution in [0.5, 0.6) is 11.5 Å². The van der Waals surface area contributed by atoms with E-state index in [4.69, 9.17) is 17.9 Å². The zero-order chi connectivity index (χ0) is 37.4. The fourth-order valence-electron chi connectivity index (χ4n) is 7.33. The van der Waals surface area contributed by atoms with Crippen LogP contribution in [0.15, 0.2) is 128 Å². The Morgan fingerprint density at radius 1 is 0.771 bits per heavy atom. The van der Waals surface area contributed by atoms with Crippen LogP contribution < -0.4 is 4.74 Å². The predicted molar refractivity (Wildman–Crippen MR) is 190 cm³/mol. The summed E-state index contributed by atoms with van der Waals surface area (Å²) in [4.78, 5) is 4.85. The van der Waals surface area contributed by atoms with Gasteiger partial charge in [-0.1, -0.05) is 48.5 Å². The fourth-order valence-corrected chi connectivity index (χ4v) is 8.23. The second-order valence-corrected chi connectivity index (χ2v) is 13.3. The molecule has 1 aliphatic rings. The summed E-state index contributed by atoms with van der Waals surface area (Å²) >= 11 is 2.15. The summed E-state index contributed by atoms with van der Waals surface area (Å²) in [6.07, 6.45) is 4.44. The number of fused-ring (bicyclic) bond motifs is 5. The molecule has 0 saturated heterocycles. The van der Waals surface area contributed by atoms with Crippen molar-refractivity contribution in [1.82, 2.24) is 18.7 Å². The number of aryl methyl sites for hydroxylation is 3. The number of imidazole rings is 1. The van der Waals surface area contributed by atoms with E-state index >= 15 is 0 Å². The molecular formula is C42H34N4OPt. The first-order chi connectivity index (χ1) is 26.0. The topological polar surface area (TPSA) is 36.9 Å². The molecule has 0 spiro atoms. The van der Waals surface area contributed by atoms with E-state index in [0.29, 0.717) is 32.2 Å². The zero-order valence-electron chi connectivity index (χ0n) is 31.8. The van der Waals surface area contributed by atoms with Gasteiger partial charge >= 0.3 is 200 Å². The minimum Gasteiger partial charge on any atom is -0.238 e. The SMILES string of the molecule is [2H]C([2H])([2H])c1cc(-n2c3ccccc3c3ccc(Oc4ccc5c(c4)C(n4[c](=[Pt])n(C([2H])([2H])[2H])c6ccccc64)CCC5)cc32)ncc1-c1ccccc1. The Hall–Kier alpha value is -4.99. The molecule has 5 aromatic carbocycles. The predicted octanol–water partition coefficient (Wildman–Crippen LogP) is 10.2. The van der Waals surface area contributed by atoms with Crippen LogP contribution >= 0.6 is 0 Å². The molecule has 1 atom stereocenters. The number of ether oxygens (including phenoxy) is 1. The van der Waals surface area contributed by atoms with Gasteiger partial charge in [-0.2, -0.15) is 0 Å². The van der Waals surface area contributed by atoms with Crippen LogP contribution in [0.1, 0.15) is 43.8 Å². The van der Waals surface area contributed by atoms with Crippen molar-refractivity contribution in [2.75, 3.05) is 0 Å². The van der Waals surface area contributed by atoms with E-state index in [-0.39, 0.29) is 11.6 Å². The van der Waals surface area contributed by atoms with Crippen LogP contribution in [0.25, 0.3) is 49.8 Å². The summed E-state index contributed by atoms with van der Waals surface area (Å²) in [6, 6.07) is 39.0. The van der Waals surface area contributed by atoms with Gasteiger partial charge in [0.25, 0.3) is 0 Å². The minimum atomic E-state index is -2.36. The Kier molecular flexibility index (Phi) is 5.65. The van der Waals surface area contributed by atoms with Crippen LogP contribution in [0.3, 0.4) is 0 Å². The fraction of sp³-hybridized carbons (Fsp3) is 0.143. The summed E-state index contributed by atoms with van der Waals surface area (Å²) in [6.45, 7) is -4.68. The van der Waals surface area contributed by atoms with Crippen molar-refractivity contribution in [2.45, 2.75) is 32.2 Å². The first kappa shape index (κ1) is 23.4. The van der Waals surface area contributed by atoms with Crippen molar-refractivity contribution in [2.24, 2.45) is 6.98 Å². The van der Waals surface area contributed by atoms with E-state index in [2.05, 4.69) is 42.1 Å². The summed E-state index contributed by atoms with van der Waals surface area (Å²) in [5.74, 6) is 1.80. The molecule has 1 aliphatic carbocycles. The third-order valence-corrected chi connectivity index (χ3v) is 10.6. The van der Waals surface area contributed by atoms with Gasteiger partial charge in [0.2, 0.25) is 0 Å². The van der Waals surface area contributed by atoms with Crippen LogP contribution in [-0.2, 0) is 32.8 Å². The number of rotatable bonds is 5. The molecule has 0 saturated carbocycles. The van der Waals surface area contributed by atoms with Crippen LogP contribution in [0.4, 0.5) is 0 Å². The van der Waals surface area contributed by atoms with Gasteiger partial charge in [0.1, 0.15) is 0 Å². The van der Waals surface area contributed by atoms with Gasteiger partial charge in [-0.15, -0.1) is 0 Å². The van der Waals surface area contributed by atoms with Gasteiger partial charge in [-0.25, -0.2) is 4.98 Å². The molecule has 0 amide bonds. The average molecular weight is 812 g/mol. The first-order valence-electron chi connectivity index (χ1n) is 19.1. The van der Waals surface area contributed by atoms with E-state index in [1.165, 1.54) is 10.1 Å². The van der Waals surface area contributed by atoms with Crippen LogP contribution in [-0.4, -0.2) is 18.7 Å². The van der Waals surface area contributed by atoms with Gasteiger partial charge in [0.15, 0.2) is 0 Å². The molecular weight excluding hydrogens is 772 g/mol. The molecule has 0 radical (unpaired) electrons. The number of hydrogen-bond acceptors (Lipinski definition) is 2. The van der Waals surface area contributed by atoms with Crippen LogP contribution in [0.2, 0.25) is 0 Å². The van der Waals surface area contributed by atoms with E-state index in [1.807, 2.05) is 102 Å². The Morgan fingerprint density at radius 2 is 1.52 bits per heavy atom. The van der Waals surface area contributed by atoms with E-state index < -0.39 is 13.8 Å². The van der Waals surface area contributed by atoms with Gasteiger partial charge in [0.05, 0.1) is 0 Å². The first-order valence-corrected chi connectivity index (χ1v) is 17.2. The Morgan fingerprint density at radius 3 is 2.38 bits per heavy atom. The summed E-state index contributed by atoms with van der Waals surface area (Å²) in [7, 11) is 0. The van der Waals surface area contributed by atoms with Gasteiger partial charge in [0, 0.05) is 15.9 Å². The standard InChI is InChI=1S/C42H34N4O.Pt/c1-28-23-42(43-26-36(28)29-11-4-3-5-12-29)46-38-15-7-6-14-33(38)34-22-21-32(25-41(34)46)47-31-20-19-30-13-10-18-37(35(30)24-31)45-27-44(2)39-16-8-9-17-40(39)45;/h3-9,11-12,14-17,19-26,37H,10,13,18H2,1-2H3;/i1D3,2D3;. The molecule has 8 aromatic rings. The molecule has 3 aromatic heterocycles. The molecule has 48 heavy (non-hydrogen) atoms. The molecule has 3 heterocycles. The molecule has 0 aliphatic heterocycles. The quantitative estimate of drug-likeness (QED) is 0.174. The zero-order valence-corrected chi connectivity index (χ0v) is 28.1. The number of aromatic nitrogens is 4. The second-order valence-electron chi connectivity index (χ2n) is 12.3. The second kappa shape index (κ2) is 11.6. The van der Waals surface area contributed by atoms with Crippen LogP contribution in [0, 0.1) is 10.7 Å². The summed E-state index contributed by atoms with van der Waals surface area (Å²) in [5, 5.41) is 2.01. The number of pyridine rings is 1. The van der Waals surface area contributed by atoms with E-state index in [0.717, 1.165) is 57.7 Å². The molecule has 9 rings (SSSR count). The maximum absolute atomic E-state index is 8.43. The number of benzene rings is 5. The molecule has 0 N–H and O–H groups in total. The molecule has 6 heteroatoms. The minimum absolute atomic E-state index is 0.0688. The van der Waals surface area contributed by atoms with Crippen molar-refractivity contribution < 1.29 is 32.3 Å². The Bertz CT molecular complexity index is 2800. The van der Waals surface area contributed by atoms with Crippen molar-refractivity contribution in [1.29, 1.82) is 0 Å². The maximum Gasteiger partial charge on any atom is 0.0374 e. The maximum atomic E-state index is 8.43. The Balaban J connectivity index is 1.14. The normalized spacial score (nSPS) is 16.9. The third kappa shape index (κ3) is 4.71. The monoisotopic (exact) mass is 811 g/mol. The van der Waals surface area contributed by atoms with Gasteiger partial charge in [-0.05, 0) is 30.1 Å². The molecule has 5 nitrogen and oxygen atoms in total. The largest absolute Gasteiger partial charge is 0.238 e. The van der Waals surface area contributed by atoms with Gasteiger partial charge < -0.3 is 0 Å². The van der Waals surface area contributed by atoms with Crippen molar-refractivity contribution >= 4 is 32.8 Å².